The van der Waals surface area contributed by atoms with Gasteiger partial charge in [-0.1, -0.05) is 48.5 Å². The van der Waals surface area contributed by atoms with Crippen molar-refractivity contribution in [2.75, 3.05) is 17.2 Å². The number of esters is 1. The molecule has 30 heavy (non-hydrogen) atoms. The second-order valence-electron chi connectivity index (χ2n) is 6.42. The van der Waals surface area contributed by atoms with E-state index in [1.165, 1.54) is 0 Å². The van der Waals surface area contributed by atoms with E-state index in [2.05, 4.69) is 16.7 Å². The minimum Gasteiger partial charge on any atom is -0.462 e. The van der Waals surface area contributed by atoms with Crippen molar-refractivity contribution in [3.8, 4) is 17.2 Å². The summed E-state index contributed by atoms with van der Waals surface area (Å²) < 4.78 is 5.12. The first-order valence-corrected chi connectivity index (χ1v) is 9.50. The molecule has 0 aliphatic heterocycles. The van der Waals surface area contributed by atoms with Crippen LogP contribution < -0.4 is 10.6 Å². The maximum atomic E-state index is 12.3. The number of nitriles is 1. The molecule has 0 aliphatic carbocycles. The Bertz CT molecular complexity index is 1090. The molecule has 3 aromatic carbocycles. The summed E-state index contributed by atoms with van der Waals surface area (Å²) in [5, 5.41) is 15.1. The van der Waals surface area contributed by atoms with Crippen molar-refractivity contribution in [1.29, 1.82) is 5.26 Å². The molecular formula is C24H21N3O3. The Labute approximate surface area is 175 Å². The molecule has 0 unspecified atom stereocenters. The van der Waals surface area contributed by atoms with E-state index in [4.69, 9.17) is 4.74 Å². The van der Waals surface area contributed by atoms with Crippen molar-refractivity contribution in [3.63, 3.8) is 0 Å². The monoisotopic (exact) mass is 399 g/mol. The van der Waals surface area contributed by atoms with E-state index in [-0.39, 0.29) is 6.61 Å². The fourth-order valence-electron chi connectivity index (χ4n) is 3.13. The van der Waals surface area contributed by atoms with Crippen LogP contribution in [0.25, 0.3) is 11.1 Å². The number of nitrogens with zero attached hydrogens (tertiary/aromatic N) is 1. The summed E-state index contributed by atoms with van der Waals surface area (Å²) in [5.74, 6) is -0.460. The van der Waals surface area contributed by atoms with E-state index in [1.807, 2.05) is 42.5 Å². The normalized spacial score (nSPS) is 10.0. The fraction of sp³-hybridized carbons (Fsp3) is 0.125. The quantitative estimate of drug-likeness (QED) is 0.427. The van der Waals surface area contributed by atoms with Gasteiger partial charge in [-0.25, -0.2) is 4.79 Å². The molecule has 3 aromatic rings. The Kier molecular flexibility index (Phi) is 6.80. The van der Waals surface area contributed by atoms with Gasteiger partial charge >= 0.3 is 5.97 Å². The summed E-state index contributed by atoms with van der Waals surface area (Å²) in [7, 11) is 0. The van der Waals surface area contributed by atoms with Gasteiger partial charge in [0.05, 0.1) is 35.2 Å². The summed E-state index contributed by atoms with van der Waals surface area (Å²) in [6.45, 7) is 2.43. The average Bonchev–Trinajstić information content (AvgIpc) is 2.78. The van der Waals surface area contributed by atoms with Gasteiger partial charge < -0.3 is 15.4 Å². The maximum absolute atomic E-state index is 12.3. The SMILES string of the molecule is CCOC(=O)c1cccc(NC=O)c1NCc1ccc(-c2ccccc2C#N)cc1. The summed E-state index contributed by atoms with van der Waals surface area (Å²) in [5.41, 5.74) is 4.77. The molecule has 0 heterocycles. The zero-order valence-corrected chi connectivity index (χ0v) is 16.5. The molecule has 3 rings (SSSR count). The summed E-state index contributed by atoms with van der Waals surface area (Å²) in [4.78, 5) is 23.2. The zero-order valence-electron chi connectivity index (χ0n) is 16.5. The van der Waals surface area contributed by atoms with E-state index < -0.39 is 5.97 Å². The molecule has 0 spiro atoms. The van der Waals surface area contributed by atoms with Crippen LogP contribution in [0.2, 0.25) is 0 Å². The van der Waals surface area contributed by atoms with Crippen molar-refractivity contribution in [3.05, 3.63) is 83.4 Å². The predicted octanol–water partition coefficient (Wildman–Crippen LogP) is 4.58. The minimum atomic E-state index is -0.460. The van der Waals surface area contributed by atoms with Gasteiger partial charge in [-0.2, -0.15) is 5.26 Å². The van der Waals surface area contributed by atoms with Crippen LogP contribution in [0, 0.1) is 11.3 Å². The number of benzene rings is 3. The number of nitrogens with one attached hydrogen (secondary N) is 2. The van der Waals surface area contributed by atoms with Gasteiger partial charge in [0, 0.05) is 6.54 Å². The number of ether oxygens (including phenoxy) is 1. The van der Waals surface area contributed by atoms with E-state index in [0.717, 1.165) is 16.7 Å². The highest BCUT2D eigenvalue weighted by molar-refractivity contribution is 6.00. The summed E-state index contributed by atoms with van der Waals surface area (Å²) in [6.07, 6.45) is 0.566. The van der Waals surface area contributed by atoms with Gasteiger partial charge in [0.1, 0.15) is 0 Å². The first-order valence-electron chi connectivity index (χ1n) is 9.50. The van der Waals surface area contributed by atoms with Gasteiger partial charge in [-0.15, -0.1) is 0 Å². The lowest BCUT2D eigenvalue weighted by atomic mass is 9.99. The first kappa shape index (κ1) is 20.6. The summed E-state index contributed by atoms with van der Waals surface area (Å²) in [6, 6.07) is 22.5. The molecule has 6 heteroatoms. The molecule has 0 aromatic heterocycles. The molecule has 0 atom stereocenters. The molecule has 6 nitrogen and oxygen atoms in total. The first-order chi connectivity index (χ1) is 14.7. The highest BCUT2D eigenvalue weighted by Gasteiger charge is 2.16. The van der Waals surface area contributed by atoms with Crippen LogP contribution in [0.15, 0.2) is 66.7 Å². The van der Waals surface area contributed by atoms with Crippen LogP contribution >= 0.6 is 0 Å². The molecule has 1 amide bonds. The Balaban J connectivity index is 1.82. The van der Waals surface area contributed by atoms with Gasteiger partial charge in [-0.05, 0) is 41.8 Å². The number of rotatable bonds is 8. The smallest absolute Gasteiger partial charge is 0.340 e. The van der Waals surface area contributed by atoms with Crippen LogP contribution in [-0.4, -0.2) is 19.0 Å². The maximum Gasteiger partial charge on any atom is 0.340 e. The number of hydrogen-bond acceptors (Lipinski definition) is 5. The molecular weight excluding hydrogens is 378 g/mol. The van der Waals surface area contributed by atoms with E-state index in [9.17, 15) is 14.9 Å². The molecule has 0 radical (unpaired) electrons. The highest BCUT2D eigenvalue weighted by atomic mass is 16.5. The Morgan fingerprint density at radius 1 is 1.07 bits per heavy atom. The van der Waals surface area contributed by atoms with Crippen LogP contribution in [-0.2, 0) is 16.1 Å². The molecule has 150 valence electrons. The van der Waals surface area contributed by atoms with Gasteiger partial charge in [-0.3, -0.25) is 4.79 Å². The second-order valence-corrected chi connectivity index (χ2v) is 6.42. The highest BCUT2D eigenvalue weighted by Crippen LogP contribution is 2.28. The topological polar surface area (TPSA) is 91.2 Å². The molecule has 0 saturated carbocycles. The third-order valence-electron chi connectivity index (χ3n) is 4.56. The van der Waals surface area contributed by atoms with Crippen LogP contribution in [0.5, 0.6) is 0 Å². The number of carbonyl (C=O) groups excluding carboxylic acids is 2. The fourth-order valence-corrected chi connectivity index (χ4v) is 3.13. The van der Waals surface area contributed by atoms with Crippen molar-refractivity contribution < 1.29 is 14.3 Å². The Morgan fingerprint density at radius 2 is 1.83 bits per heavy atom. The summed E-state index contributed by atoms with van der Waals surface area (Å²) >= 11 is 0. The molecule has 0 fully saturated rings. The van der Waals surface area contributed by atoms with Crippen molar-refractivity contribution in [1.82, 2.24) is 0 Å². The average molecular weight is 399 g/mol. The molecule has 2 N–H and O–H groups in total. The number of amides is 1. The second kappa shape index (κ2) is 9.89. The van der Waals surface area contributed by atoms with Gasteiger partial charge in [0.2, 0.25) is 6.41 Å². The van der Waals surface area contributed by atoms with Crippen LogP contribution in [0.1, 0.15) is 28.4 Å². The van der Waals surface area contributed by atoms with E-state index in [1.54, 1.807) is 31.2 Å². The Morgan fingerprint density at radius 3 is 2.53 bits per heavy atom. The minimum absolute atomic E-state index is 0.259. The van der Waals surface area contributed by atoms with Crippen molar-refractivity contribution >= 4 is 23.8 Å². The molecule has 0 aliphatic rings. The van der Waals surface area contributed by atoms with Crippen molar-refractivity contribution in [2.45, 2.75) is 13.5 Å². The van der Waals surface area contributed by atoms with Gasteiger partial charge in [0.25, 0.3) is 0 Å². The predicted molar refractivity (Wildman–Crippen MR) is 116 cm³/mol. The number of para-hydroxylation sites is 1. The molecule has 0 saturated heterocycles. The lowest BCUT2D eigenvalue weighted by Gasteiger charge is -2.15. The third-order valence-corrected chi connectivity index (χ3v) is 4.56. The number of carbonyl (C=O) groups is 2. The van der Waals surface area contributed by atoms with E-state index >= 15 is 0 Å². The largest absolute Gasteiger partial charge is 0.462 e. The van der Waals surface area contributed by atoms with Crippen molar-refractivity contribution in [2.24, 2.45) is 0 Å². The lowest BCUT2D eigenvalue weighted by Crippen LogP contribution is -2.12. The standard InChI is InChI=1S/C24H21N3O3/c1-2-30-24(29)21-8-5-9-22(27-16-28)23(21)26-15-17-10-12-18(13-11-17)20-7-4-3-6-19(20)14-25/h3-13,16,26H,2,15H2,1H3,(H,27,28). The van der Waals surface area contributed by atoms with Crippen LogP contribution in [0.3, 0.4) is 0 Å². The third kappa shape index (κ3) is 4.65. The molecule has 0 bridgehead atoms. The van der Waals surface area contributed by atoms with E-state index in [0.29, 0.717) is 35.5 Å². The number of anilines is 2. The number of hydrogen-bond donors (Lipinski definition) is 2. The lowest BCUT2D eigenvalue weighted by molar-refractivity contribution is -0.105. The van der Waals surface area contributed by atoms with Crippen LogP contribution in [0.4, 0.5) is 11.4 Å². The Hall–Kier alpha value is -4.11. The van der Waals surface area contributed by atoms with Gasteiger partial charge in [0.15, 0.2) is 0 Å². The zero-order chi connectivity index (χ0) is 21.3.